The maximum atomic E-state index is 12.6. The summed E-state index contributed by atoms with van der Waals surface area (Å²) in [6, 6.07) is 0.253. The summed E-state index contributed by atoms with van der Waals surface area (Å²) >= 11 is 0. The quantitative estimate of drug-likeness (QED) is 0.810. The molecule has 2 atom stereocenters. The van der Waals surface area contributed by atoms with Gasteiger partial charge in [0.05, 0.1) is 12.5 Å². The summed E-state index contributed by atoms with van der Waals surface area (Å²) in [6.07, 6.45) is 11.1. The third-order valence-electron chi connectivity index (χ3n) is 5.69. The lowest BCUT2D eigenvalue weighted by molar-refractivity contribution is -0.142. The second kappa shape index (κ2) is 6.47. The van der Waals surface area contributed by atoms with Crippen molar-refractivity contribution >= 4 is 11.8 Å². The molecule has 0 aromatic heterocycles. The number of hydrogen-bond donors (Lipinski definition) is 1. The van der Waals surface area contributed by atoms with E-state index in [9.17, 15) is 9.59 Å². The first-order valence-electron chi connectivity index (χ1n) is 8.79. The molecule has 4 nitrogen and oxygen atoms in total. The average Bonchev–Trinajstić information content (AvgIpc) is 3.09. The van der Waals surface area contributed by atoms with Crippen LogP contribution in [-0.2, 0) is 9.59 Å². The minimum absolute atomic E-state index is 0.0387. The smallest absolute Gasteiger partial charge is 0.247 e. The third-order valence-corrected chi connectivity index (χ3v) is 5.69. The summed E-state index contributed by atoms with van der Waals surface area (Å²) in [5, 5.41) is 3.46. The summed E-state index contributed by atoms with van der Waals surface area (Å²) in [6.45, 7) is 2.18. The van der Waals surface area contributed by atoms with Crippen LogP contribution in [0.25, 0.3) is 0 Å². The van der Waals surface area contributed by atoms with Crippen LogP contribution in [0.2, 0.25) is 0 Å². The van der Waals surface area contributed by atoms with Gasteiger partial charge in [-0.15, -0.1) is 0 Å². The molecule has 1 heterocycles. The Hall–Kier alpha value is -0.900. The fraction of sp³-hybridized carbons (Fsp3) is 0.882. The molecule has 2 saturated carbocycles. The van der Waals surface area contributed by atoms with Gasteiger partial charge in [0.1, 0.15) is 0 Å². The highest BCUT2D eigenvalue weighted by Crippen LogP contribution is 2.30. The third kappa shape index (κ3) is 3.15. The van der Waals surface area contributed by atoms with Gasteiger partial charge in [0, 0.05) is 12.1 Å². The largest absolute Gasteiger partial charge is 0.303 e. The van der Waals surface area contributed by atoms with Gasteiger partial charge in [0.2, 0.25) is 11.8 Å². The lowest BCUT2D eigenvalue weighted by atomic mass is 9.94. The molecule has 2 amide bonds. The van der Waals surface area contributed by atoms with E-state index in [2.05, 4.69) is 12.2 Å². The van der Waals surface area contributed by atoms with Crippen LogP contribution in [0.15, 0.2) is 0 Å². The number of likely N-dealkylation sites (tertiary alicyclic amines) is 1. The van der Waals surface area contributed by atoms with Crippen molar-refractivity contribution in [2.24, 2.45) is 5.92 Å². The van der Waals surface area contributed by atoms with E-state index in [1.54, 1.807) is 4.90 Å². The van der Waals surface area contributed by atoms with Crippen molar-refractivity contribution < 1.29 is 9.59 Å². The minimum atomic E-state index is -0.268. The molecule has 0 bridgehead atoms. The summed E-state index contributed by atoms with van der Waals surface area (Å²) < 4.78 is 0. The van der Waals surface area contributed by atoms with Gasteiger partial charge in [0.25, 0.3) is 0 Å². The highest BCUT2D eigenvalue weighted by Gasteiger charge is 2.43. The van der Waals surface area contributed by atoms with Gasteiger partial charge in [-0.2, -0.15) is 0 Å². The molecule has 0 radical (unpaired) electrons. The van der Waals surface area contributed by atoms with E-state index >= 15 is 0 Å². The molecular weight excluding hydrogens is 264 g/mol. The standard InChI is InChI=1S/C17H28N2O2/c1-12(13-7-5-6-8-13)18-15-11-16(20)19(17(15)21)14-9-3-2-4-10-14/h12-15,18H,2-11H2,1H3. The van der Waals surface area contributed by atoms with Gasteiger partial charge < -0.3 is 5.32 Å². The Bertz CT molecular complexity index is 398. The van der Waals surface area contributed by atoms with Gasteiger partial charge in [-0.1, -0.05) is 32.1 Å². The molecule has 3 aliphatic rings. The van der Waals surface area contributed by atoms with E-state index in [-0.39, 0.29) is 23.9 Å². The number of hydrogen-bond acceptors (Lipinski definition) is 3. The van der Waals surface area contributed by atoms with Crippen LogP contribution in [0.5, 0.6) is 0 Å². The predicted molar refractivity (Wildman–Crippen MR) is 81.7 cm³/mol. The average molecular weight is 292 g/mol. The fourth-order valence-corrected chi connectivity index (χ4v) is 4.41. The predicted octanol–water partition coefficient (Wildman–Crippen LogP) is 2.61. The summed E-state index contributed by atoms with van der Waals surface area (Å²) in [5.74, 6) is 0.761. The van der Waals surface area contributed by atoms with Crippen LogP contribution in [-0.4, -0.2) is 34.8 Å². The summed E-state index contributed by atoms with van der Waals surface area (Å²) in [4.78, 5) is 26.5. The van der Waals surface area contributed by atoms with Gasteiger partial charge >= 0.3 is 0 Å². The fourth-order valence-electron chi connectivity index (χ4n) is 4.41. The van der Waals surface area contributed by atoms with Crippen LogP contribution >= 0.6 is 0 Å². The molecule has 1 N–H and O–H groups in total. The lowest BCUT2D eigenvalue weighted by Gasteiger charge is -2.30. The second-order valence-corrected chi connectivity index (χ2v) is 7.15. The number of rotatable bonds is 4. The first-order valence-corrected chi connectivity index (χ1v) is 8.79. The van der Waals surface area contributed by atoms with Crippen LogP contribution in [0, 0.1) is 5.92 Å². The number of carbonyl (C=O) groups excluding carboxylic acids is 2. The van der Waals surface area contributed by atoms with Crippen molar-refractivity contribution in [2.45, 2.75) is 89.3 Å². The zero-order valence-corrected chi connectivity index (χ0v) is 13.1. The number of nitrogens with zero attached hydrogens (tertiary/aromatic N) is 1. The number of amides is 2. The number of nitrogens with one attached hydrogen (secondary N) is 1. The SMILES string of the molecule is CC(NC1CC(=O)N(C2CCCCC2)C1=O)C1CCCC1. The molecule has 118 valence electrons. The Balaban J connectivity index is 1.59. The van der Waals surface area contributed by atoms with Crippen molar-refractivity contribution in [1.29, 1.82) is 0 Å². The Morgan fingerprint density at radius 2 is 1.62 bits per heavy atom. The summed E-state index contributed by atoms with van der Waals surface area (Å²) in [5.41, 5.74) is 0. The summed E-state index contributed by atoms with van der Waals surface area (Å²) in [7, 11) is 0. The minimum Gasteiger partial charge on any atom is -0.303 e. The maximum Gasteiger partial charge on any atom is 0.247 e. The molecule has 1 aliphatic heterocycles. The molecule has 1 saturated heterocycles. The number of carbonyl (C=O) groups is 2. The van der Waals surface area contributed by atoms with E-state index in [0.29, 0.717) is 18.4 Å². The lowest BCUT2D eigenvalue weighted by Crippen LogP contribution is -2.47. The van der Waals surface area contributed by atoms with Gasteiger partial charge in [-0.3, -0.25) is 14.5 Å². The first-order chi connectivity index (χ1) is 10.2. The van der Waals surface area contributed by atoms with Crippen molar-refractivity contribution in [3.63, 3.8) is 0 Å². The molecule has 21 heavy (non-hydrogen) atoms. The highest BCUT2D eigenvalue weighted by molar-refractivity contribution is 6.05. The molecule has 3 fully saturated rings. The monoisotopic (exact) mass is 292 g/mol. The Morgan fingerprint density at radius 3 is 2.29 bits per heavy atom. The van der Waals surface area contributed by atoms with Gasteiger partial charge in [0.15, 0.2) is 0 Å². The maximum absolute atomic E-state index is 12.6. The van der Waals surface area contributed by atoms with Crippen LogP contribution in [0.1, 0.15) is 71.1 Å². The number of imide groups is 1. The van der Waals surface area contributed by atoms with Crippen LogP contribution in [0.3, 0.4) is 0 Å². The van der Waals surface area contributed by atoms with E-state index in [1.807, 2.05) is 0 Å². The molecule has 3 rings (SSSR count). The normalized spacial score (nSPS) is 30.3. The van der Waals surface area contributed by atoms with Crippen molar-refractivity contribution in [3.05, 3.63) is 0 Å². The molecule has 4 heteroatoms. The Labute approximate surface area is 127 Å². The Morgan fingerprint density at radius 1 is 1.00 bits per heavy atom. The van der Waals surface area contributed by atoms with Crippen LogP contribution in [0.4, 0.5) is 0 Å². The van der Waals surface area contributed by atoms with E-state index < -0.39 is 0 Å². The van der Waals surface area contributed by atoms with Gasteiger partial charge in [-0.05, 0) is 38.5 Å². The van der Waals surface area contributed by atoms with E-state index in [4.69, 9.17) is 0 Å². The van der Waals surface area contributed by atoms with Crippen molar-refractivity contribution in [2.75, 3.05) is 0 Å². The molecule has 2 unspecified atom stereocenters. The van der Waals surface area contributed by atoms with E-state index in [1.165, 1.54) is 32.1 Å². The highest BCUT2D eigenvalue weighted by atomic mass is 16.2. The molecular formula is C17H28N2O2. The first kappa shape index (κ1) is 15.0. The van der Waals surface area contributed by atoms with E-state index in [0.717, 1.165) is 25.7 Å². The topological polar surface area (TPSA) is 49.4 Å². The molecule has 2 aliphatic carbocycles. The zero-order chi connectivity index (χ0) is 14.8. The Kier molecular flexibility index (Phi) is 4.63. The molecule has 0 spiro atoms. The van der Waals surface area contributed by atoms with Gasteiger partial charge in [-0.25, -0.2) is 0 Å². The molecule has 0 aromatic rings. The van der Waals surface area contributed by atoms with Crippen LogP contribution < -0.4 is 5.32 Å². The zero-order valence-electron chi connectivity index (χ0n) is 13.1. The molecule has 0 aromatic carbocycles. The second-order valence-electron chi connectivity index (χ2n) is 7.15. The van der Waals surface area contributed by atoms with Crippen molar-refractivity contribution in [1.82, 2.24) is 10.2 Å². The van der Waals surface area contributed by atoms with Crippen molar-refractivity contribution in [3.8, 4) is 0 Å².